The maximum Gasteiger partial charge on any atom is 0.359 e. The van der Waals surface area contributed by atoms with E-state index in [9.17, 15) is 14.4 Å². The van der Waals surface area contributed by atoms with Gasteiger partial charge in [-0.1, -0.05) is 41.4 Å². The van der Waals surface area contributed by atoms with Gasteiger partial charge in [0, 0.05) is 26.4 Å². The van der Waals surface area contributed by atoms with Crippen LogP contribution in [0.2, 0.25) is 10.0 Å². The van der Waals surface area contributed by atoms with E-state index < -0.39 is 17.4 Å². The Kier molecular flexibility index (Phi) is 6.27. The fourth-order valence-corrected chi connectivity index (χ4v) is 4.55. The lowest BCUT2D eigenvalue weighted by molar-refractivity contribution is 0.0520. The number of ether oxygens (including phenoxy) is 1. The molecular weight excluding hydrogens is 473 g/mol. The van der Waals surface area contributed by atoms with Crippen molar-refractivity contribution in [3.8, 4) is 5.69 Å². The Labute approximate surface area is 196 Å². The van der Waals surface area contributed by atoms with E-state index in [0.717, 1.165) is 16.0 Å². The number of anilines is 1. The molecule has 32 heavy (non-hydrogen) atoms. The molecule has 0 aliphatic rings. The van der Waals surface area contributed by atoms with Gasteiger partial charge < -0.3 is 10.1 Å². The molecule has 2 aromatic carbocycles. The average Bonchev–Trinajstić information content (AvgIpc) is 3.18. The number of para-hydroxylation sites is 1. The molecule has 0 spiro atoms. The van der Waals surface area contributed by atoms with E-state index in [-0.39, 0.29) is 28.3 Å². The third-order valence-corrected chi connectivity index (χ3v) is 5.81. The minimum atomic E-state index is -0.667. The van der Waals surface area contributed by atoms with Gasteiger partial charge in [0.05, 0.1) is 17.7 Å². The average molecular weight is 488 g/mol. The molecule has 10 heteroatoms. The number of thiophene rings is 1. The van der Waals surface area contributed by atoms with Gasteiger partial charge in [-0.3, -0.25) is 9.59 Å². The van der Waals surface area contributed by atoms with Gasteiger partial charge in [0.2, 0.25) is 0 Å². The number of benzene rings is 2. The Morgan fingerprint density at radius 3 is 2.47 bits per heavy atom. The summed E-state index contributed by atoms with van der Waals surface area (Å²) in [6.45, 7) is 1.83. The van der Waals surface area contributed by atoms with Crippen molar-refractivity contribution < 1.29 is 14.3 Å². The molecular formula is C22H15Cl2N3O4S. The summed E-state index contributed by atoms with van der Waals surface area (Å²) in [7, 11) is 0. The number of rotatable bonds is 5. The van der Waals surface area contributed by atoms with E-state index in [0.29, 0.717) is 21.1 Å². The van der Waals surface area contributed by atoms with Gasteiger partial charge in [-0.05, 0) is 37.3 Å². The van der Waals surface area contributed by atoms with Crippen LogP contribution in [0, 0.1) is 0 Å². The molecule has 7 nitrogen and oxygen atoms in total. The summed E-state index contributed by atoms with van der Waals surface area (Å²) in [4.78, 5) is 38.7. The number of nitrogens with zero attached hydrogens (tertiary/aromatic N) is 2. The Hall–Kier alpha value is -3.20. The van der Waals surface area contributed by atoms with Crippen LogP contribution in [-0.4, -0.2) is 28.3 Å². The third kappa shape index (κ3) is 4.25. The smallest absolute Gasteiger partial charge is 0.359 e. The van der Waals surface area contributed by atoms with E-state index in [2.05, 4.69) is 10.4 Å². The van der Waals surface area contributed by atoms with Crippen molar-refractivity contribution in [1.82, 2.24) is 9.78 Å². The number of fused-ring (bicyclic) bond motifs is 1. The molecule has 1 amide bonds. The molecule has 0 saturated heterocycles. The first-order valence-electron chi connectivity index (χ1n) is 9.43. The summed E-state index contributed by atoms with van der Waals surface area (Å²) in [5.41, 5.74) is 0.190. The molecule has 0 aliphatic heterocycles. The number of hydrogen-bond donors (Lipinski definition) is 1. The molecule has 0 radical (unpaired) electrons. The summed E-state index contributed by atoms with van der Waals surface area (Å²) < 4.78 is 6.24. The van der Waals surface area contributed by atoms with Gasteiger partial charge in [-0.2, -0.15) is 9.78 Å². The number of esters is 1. The van der Waals surface area contributed by atoms with Crippen molar-refractivity contribution in [2.24, 2.45) is 0 Å². The molecule has 4 aromatic rings. The molecule has 0 aliphatic carbocycles. The summed E-state index contributed by atoms with van der Waals surface area (Å²) in [5, 5.41) is 9.89. The van der Waals surface area contributed by atoms with Crippen LogP contribution in [0.4, 0.5) is 5.00 Å². The minimum absolute atomic E-state index is 0.0205. The van der Waals surface area contributed by atoms with Gasteiger partial charge >= 0.3 is 5.97 Å². The SMILES string of the molecule is CCOC(=O)c1nn(-c2ccccc2)c(=O)c2c(NC(=O)c3cc(Cl)cc(Cl)c3)scc12. The van der Waals surface area contributed by atoms with Crippen molar-refractivity contribution in [1.29, 1.82) is 0 Å². The molecule has 0 saturated carbocycles. The van der Waals surface area contributed by atoms with E-state index in [1.54, 1.807) is 42.6 Å². The van der Waals surface area contributed by atoms with E-state index in [1.165, 1.54) is 18.2 Å². The molecule has 4 rings (SSSR count). The Morgan fingerprint density at radius 2 is 1.81 bits per heavy atom. The largest absolute Gasteiger partial charge is 0.461 e. The van der Waals surface area contributed by atoms with Crippen molar-refractivity contribution in [2.45, 2.75) is 6.92 Å². The number of carbonyl (C=O) groups excluding carboxylic acids is 2. The Balaban J connectivity index is 1.87. The van der Waals surface area contributed by atoms with Crippen LogP contribution in [0.5, 0.6) is 0 Å². The van der Waals surface area contributed by atoms with Crippen LogP contribution in [0.15, 0.2) is 58.7 Å². The van der Waals surface area contributed by atoms with Crippen LogP contribution in [-0.2, 0) is 4.74 Å². The molecule has 0 unspecified atom stereocenters. The van der Waals surface area contributed by atoms with Gasteiger partial charge in [0.25, 0.3) is 11.5 Å². The molecule has 0 fully saturated rings. The van der Waals surface area contributed by atoms with Crippen molar-refractivity contribution in [3.63, 3.8) is 0 Å². The topological polar surface area (TPSA) is 90.3 Å². The first-order valence-corrected chi connectivity index (χ1v) is 11.1. The van der Waals surface area contributed by atoms with Gasteiger partial charge in [-0.15, -0.1) is 11.3 Å². The fraction of sp³-hybridized carbons (Fsp3) is 0.0909. The second-order valence-electron chi connectivity index (χ2n) is 6.59. The molecule has 162 valence electrons. The van der Waals surface area contributed by atoms with E-state index in [1.807, 2.05) is 0 Å². The highest BCUT2D eigenvalue weighted by Crippen LogP contribution is 2.31. The number of amides is 1. The lowest BCUT2D eigenvalue weighted by Crippen LogP contribution is -2.25. The first kappa shape index (κ1) is 22.0. The lowest BCUT2D eigenvalue weighted by atomic mass is 10.2. The van der Waals surface area contributed by atoms with Crippen molar-refractivity contribution in [3.05, 3.63) is 85.6 Å². The van der Waals surface area contributed by atoms with E-state index in [4.69, 9.17) is 27.9 Å². The first-order chi connectivity index (χ1) is 15.4. The molecule has 0 bridgehead atoms. The zero-order chi connectivity index (χ0) is 22.8. The highest BCUT2D eigenvalue weighted by atomic mass is 35.5. The normalized spacial score (nSPS) is 10.8. The fourth-order valence-electron chi connectivity index (χ4n) is 3.10. The monoisotopic (exact) mass is 487 g/mol. The number of aromatic nitrogens is 2. The zero-order valence-electron chi connectivity index (χ0n) is 16.6. The van der Waals surface area contributed by atoms with Crippen LogP contribution < -0.4 is 10.9 Å². The van der Waals surface area contributed by atoms with Gasteiger partial charge in [-0.25, -0.2) is 4.79 Å². The maximum absolute atomic E-state index is 13.3. The summed E-state index contributed by atoms with van der Waals surface area (Å²) >= 11 is 13.1. The zero-order valence-corrected chi connectivity index (χ0v) is 18.9. The Morgan fingerprint density at radius 1 is 1.12 bits per heavy atom. The summed E-state index contributed by atoms with van der Waals surface area (Å²) in [6.07, 6.45) is 0. The lowest BCUT2D eigenvalue weighted by Gasteiger charge is -2.10. The second-order valence-corrected chi connectivity index (χ2v) is 8.34. The molecule has 2 aromatic heterocycles. The highest BCUT2D eigenvalue weighted by Gasteiger charge is 2.23. The van der Waals surface area contributed by atoms with Crippen LogP contribution in [0.1, 0.15) is 27.8 Å². The molecule has 0 atom stereocenters. The van der Waals surface area contributed by atoms with E-state index >= 15 is 0 Å². The number of halogens is 2. The predicted octanol–water partition coefficient (Wildman–Crippen LogP) is 5.18. The van der Waals surface area contributed by atoms with Crippen molar-refractivity contribution in [2.75, 3.05) is 11.9 Å². The van der Waals surface area contributed by atoms with Gasteiger partial charge in [0.15, 0.2) is 5.69 Å². The highest BCUT2D eigenvalue weighted by molar-refractivity contribution is 7.16. The van der Waals surface area contributed by atoms with Crippen molar-refractivity contribution >= 4 is 62.2 Å². The van der Waals surface area contributed by atoms with Crippen LogP contribution in [0.25, 0.3) is 16.5 Å². The van der Waals surface area contributed by atoms with Crippen LogP contribution >= 0.6 is 34.5 Å². The van der Waals surface area contributed by atoms with Gasteiger partial charge in [0.1, 0.15) is 5.00 Å². The standard InChI is InChI=1S/C22H15Cl2N3O4S/c1-2-31-22(30)18-16-11-32-20(25-19(28)12-8-13(23)10-14(24)9-12)17(16)21(29)27(26-18)15-6-4-3-5-7-15/h3-11H,2H2,1H3,(H,25,28). The van der Waals surface area contributed by atoms with Crippen LogP contribution in [0.3, 0.4) is 0 Å². The summed E-state index contributed by atoms with van der Waals surface area (Å²) in [6, 6.07) is 13.1. The quantitative estimate of drug-likeness (QED) is 0.391. The maximum atomic E-state index is 13.3. The predicted molar refractivity (Wildman–Crippen MR) is 126 cm³/mol. The number of nitrogens with one attached hydrogen (secondary N) is 1. The second kappa shape index (κ2) is 9.12. The molecule has 2 heterocycles. The number of carbonyl (C=O) groups is 2. The third-order valence-electron chi connectivity index (χ3n) is 4.47. The summed E-state index contributed by atoms with van der Waals surface area (Å²) in [5.74, 6) is -1.17. The Bertz CT molecular complexity index is 1380. The number of hydrogen-bond acceptors (Lipinski definition) is 6. The minimum Gasteiger partial charge on any atom is -0.461 e. The molecule has 1 N–H and O–H groups in total.